The van der Waals surface area contributed by atoms with Gasteiger partial charge in [0.05, 0.1) is 18.5 Å². The van der Waals surface area contributed by atoms with Crippen molar-refractivity contribution in [3.63, 3.8) is 0 Å². The largest absolute Gasteiger partial charge is 0.497 e. The number of nitrogens with one attached hydrogen (secondary N) is 2. The second-order valence-electron chi connectivity index (χ2n) is 7.11. The highest BCUT2D eigenvalue weighted by Gasteiger charge is 2.09. The molecule has 2 N–H and O–H groups in total. The van der Waals surface area contributed by atoms with Gasteiger partial charge < -0.3 is 15.4 Å². The zero-order valence-corrected chi connectivity index (χ0v) is 17.8. The minimum absolute atomic E-state index is 0.644. The van der Waals surface area contributed by atoms with Crippen LogP contribution in [0.4, 0.5) is 0 Å². The highest BCUT2D eigenvalue weighted by Crippen LogP contribution is 2.17. The van der Waals surface area contributed by atoms with Crippen molar-refractivity contribution in [1.29, 1.82) is 0 Å². The molecule has 0 amide bonds. The van der Waals surface area contributed by atoms with Crippen molar-refractivity contribution in [2.75, 3.05) is 14.2 Å². The lowest BCUT2D eigenvalue weighted by molar-refractivity contribution is 0.414. The number of ether oxygens (including phenoxy) is 1. The maximum absolute atomic E-state index is 5.36. The molecule has 0 saturated carbocycles. The fourth-order valence-electron chi connectivity index (χ4n) is 3.37. The summed E-state index contributed by atoms with van der Waals surface area (Å²) in [5.41, 5.74) is 6.67. The summed E-state index contributed by atoms with van der Waals surface area (Å²) in [4.78, 5) is 4.35. The molecular formula is C23H29N5O. The van der Waals surface area contributed by atoms with E-state index in [-0.39, 0.29) is 0 Å². The standard InChI is InChI=1S/C23H29N5O/c1-16-10-19(13-21(11-16)29-5)14-25-23(24-4)26-15-20-8-6-7-9-22(20)28-18(3)12-17(2)27-28/h6-13H,14-15H2,1-5H3,(H2,24,25,26). The summed E-state index contributed by atoms with van der Waals surface area (Å²) in [7, 11) is 3.46. The molecule has 0 saturated heterocycles. The summed E-state index contributed by atoms with van der Waals surface area (Å²) >= 11 is 0. The number of hydrogen-bond donors (Lipinski definition) is 2. The van der Waals surface area contributed by atoms with Crippen LogP contribution < -0.4 is 15.4 Å². The number of benzene rings is 2. The summed E-state index contributed by atoms with van der Waals surface area (Å²) in [5, 5.41) is 11.4. The van der Waals surface area contributed by atoms with Crippen molar-refractivity contribution in [2.24, 2.45) is 4.99 Å². The van der Waals surface area contributed by atoms with Crippen LogP contribution in [0.2, 0.25) is 0 Å². The van der Waals surface area contributed by atoms with Crippen LogP contribution in [0.1, 0.15) is 28.1 Å². The van der Waals surface area contributed by atoms with Crippen molar-refractivity contribution in [3.8, 4) is 11.4 Å². The Morgan fingerprint density at radius 1 is 1.03 bits per heavy atom. The molecule has 1 heterocycles. The van der Waals surface area contributed by atoms with Crippen LogP contribution in [0.15, 0.2) is 53.5 Å². The minimum Gasteiger partial charge on any atom is -0.497 e. The molecule has 29 heavy (non-hydrogen) atoms. The van der Waals surface area contributed by atoms with Gasteiger partial charge in [-0.05, 0) is 61.7 Å². The summed E-state index contributed by atoms with van der Waals surface area (Å²) < 4.78 is 7.35. The lowest BCUT2D eigenvalue weighted by Gasteiger charge is -2.15. The number of hydrogen-bond acceptors (Lipinski definition) is 3. The van der Waals surface area contributed by atoms with Gasteiger partial charge in [0, 0.05) is 25.8 Å². The number of nitrogens with zero attached hydrogens (tertiary/aromatic N) is 3. The molecule has 0 bridgehead atoms. The Bertz CT molecular complexity index is 1010. The monoisotopic (exact) mass is 391 g/mol. The van der Waals surface area contributed by atoms with Gasteiger partial charge in [0.15, 0.2) is 5.96 Å². The molecule has 0 aliphatic heterocycles. The van der Waals surface area contributed by atoms with Crippen LogP contribution >= 0.6 is 0 Å². The molecule has 0 atom stereocenters. The average molecular weight is 392 g/mol. The van der Waals surface area contributed by atoms with Gasteiger partial charge in [-0.1, -0.05) is 24.3 Å². The third kappa shape index (κ3) is 5.16. The number of aryl methyl sites for hydroxylation is 3. The van der Waals surface area contributed by atoms with Gasteiger partial charge in [0.2, 0.25) is 0 Å². The topological polar surface area (TPSA) is 63.5 Å². The SMILES string of the molecule is CN=C(NCc1cc(C)cc(OC)c1)NCc1ccccc1-n1nc(C)cc1C. The Balaban J connectivity index is 1.68. The number of rotatable bonds is 6. The number of aromatic nitrogens is 2. The Morgan fingerprint density at radius 2 is 1.79 bits per heavy atom. The smallest absolute Gasteiger partial charge is 0.191 e. The Labute approximate surface area is 172 Å². The van der Waals surface area contributed by atoms with E-state index >= 15 is 0 Å². The van der Waals surface area contributed by atoms with Crippen LogP contribution in [0.3, 0.4) is 0 Å². The second-order valence-corrected chi connectivity index (χ2v) is 7.11. The Morgan fingerprint density at radius 3 is 2.48 bits per heavy atom. The Hall–Kier alpha value is -3.28. The van der Waals surface area contributed by atoms with E-state index in [9.17, 15) is 0 Å². The molecule has 0 radical (unpaired) electrons. The van der Waals surface area contributed by atoms with Gasteiger partial charge in [0.1, 0.15) is 5.75 Å². The summed E-state index contributed by atoms with van der Waals surface area (Å²) in [5.74, 6) is 1.61. The summed E-state index contributed by atoms with van der Waals surface area (Å²) in [6.45, 7) is 7.45. The van der Waals surface area contributed by atoms with E-state index in [1.165, 1.54) is 5.56 Å². The molecule has 0 aliphatic rings. The van der Waals surface area contributed by atoms with Gasteiger partial charge in [-0.25, -0.2) is 4.68 Å². The van der Waals surface area contributed by atoms with E-state index in [0.717, 1.165) is 39.9 Å². The Kier molecular flexibility index (Phi) is 6.54. The predicted octanol–water partition coefficient (Wildman–Crippen LogP) is 3.67. The zero-order valence-electron chi connectivity index (χ0n) is 17.8. The molecule has 0 unspecified atom stereocenters. The molecule has 1 aromatic heterocycles. The zero-order chi connectivity index (χ0) is 20.8. The molecule has 6 heteroatoms. The maximum atomic E-state index is 5.36. The van der Waals surface area contributed by atoms with Crippen LogP contribution in [0, 0.1) is 20.8 Å². The van der Waals surface area contributed by atoms with Crippen LogP contribution in [0.25, 0.3) is 5.69 Å². The highest BCUT2D eigenvalue weighted by molar-refractivity contribution is 5.79. The molecule has 152 valence electrons. The van der Waals surface area contributed by atoms with Crippen LogP contribution in [-0.2, 0) is 13.1 Å². The minimum atomic E-state index is 0.644. The van der Waals surface area contributed by atoms with E-state index < -0.39 is 0 Å². The van der Waals surface area contributed by atoms with Crippen molar-refractivity contribution < 1.29 is 4.74 Å². The molecule has 3 rings (SSSR count). The van der Waals surface area contributed by atoms with Crippen molar-refractivity contribution in [1.82, 2.24) is 20.4 Å². The van der Waals surface area contributed by atoms with Crippen LogP contribution in [-0.4, -0.2) is 29.9 Å². The summed E-state index contributed by atoms with van der Waals surface area (Å²) in [6.07, 6.45) is 0. The van der Waals surface area contributed by atoms with Gasteiger partial charge in [-0.15, -0.1) is 0 Å². The van der Waals surface area contributed by atoms with Crippen LogP contribution in [0.5, 0.6) is 5.75 Å². The van der Waals surface area contributed by atoms with Crippen molar-refractivity contribution in [2.45, 2.75) is 33.9 Å². The molecular weight excluding hydrogens is 362 g/mol. The number of guanidine groups is 1. The first kappa shape index (κ1) is 20.5. The fraction of sp³-hybridized carbons (Fsp3) is 0.304. The lowest BCUT2D eigenvalue weighted by Crippen LogP contribution is -2.36. The van der Waals surface area contributed by atoms with Gasteiger partial charge >= 0.3 is 0 Å². The quantitative estimate of drug-likeness (QED) is 0.497. The maximum Gasteiger partial charge on any atom is 0.191 e. The van der Waals surface area contributed by atoms with Gasteiger partial charge in [0.25, 0.3) is 0 Å². The highest BCUT2D eigenvalue weighted by atomic mass is 16.5. The first-order valence-corrected chi connectivity index (χ1v) is 9.70. The number of para-hydroxylation sites is 1. The van der Waals surface area contributed by atoms with Gasteiger partial charge in [-0.2, -0.15) is 5.10 Å². The van der Waals surface area contributed by atoms with E-state index in [1.54, 1.807) is 14.2 Å². The summed E-state index contributed by atoms with van der Waals surface area (Å²) in [6, 6.07) is 16.6. The molecule has 0 spiro atoms. The van der Waals surface area contributed by atoms with Crippen molar-refractivity contribution >= 4 is 5.96 Å². The number of aliphatic imine (C=N–C) groups is 1. The first-order valence-electron chi connectivity index (χ1n) is 9.70. The van der Waals surface area contributed by atoms with E-state index in [1.807, 2.05) is 35.9 Å². The second kappa shape index (κ2) is 9.28. The molecule has 3 aromatic rings. The van der Waals surface area contributed by atoms with Crippen molar-refractivity contribution in [3.05, 3.63) is 76.6 Å². The first-order chi connectivity index (χ1) is 14.0. The molecule has 6 nitrogen and oxygen atoms in total. The molecule has 0 aliphatic carbocycles. The van der Waals surface area contributed by atoms with E-state index in [2.05, 4.69) is 58.8 Å². The third-order valence-electron chi connectivity index (χ3n) is 4.71. The molecule has 2 aromatic carbocycles. The van der Waals surface area contributed by atoms with Gasteiger partial charge in [-0.3, -0.25) is 4.99 Å². The third-order valence-corrected chi connectivity index (χ3v) is 4.71. The lowest BCUT2D eigenvalue weighted by atomic mass is 10.1. The number of methoxy groups -OCH3 is 1. The van der Waals surface area contributed by atoms with E-state index in [0.29, 0.717) is 13.1 Å². The average Bonchev–Trinajstić information content (AvgIpc) is 3.05. The predicted molar refractivity (Wildman–Crippen MR) is 118 cm³/mol. The van der Waals surface area contributed by atoms with E-state index in [4.69, 9.17) is 4.74 Å². The normalized spacial score (nSPS) is 11.4. The fourth-order valence-corrected chi connectivity index (χ4v) is 3.37. The molecule has 0 fully saturated rings.